The van der Waals surface area contributed by atoms with Gasteiger partial charge in [0.05, 0.1) is 23.2 Å². The summed E-state index contributed by atoms with van der Waals surface area (Å²) in [7, 11) is -1.68. The van der Waals surface area contributed by atoms with Crippen LogP contribution in [0.2, 0.25) is 0 Å². The number of ether oxygens (including phenoxy) is 1. The molecular formula is C12H16N2O3S. The Hall–Kier alpha value is -1.43. The third kappa shape index (κ3) is 1.71. The minimum atomic E-state index is -3.25. The Morgan fingerprint density at radius 1 is 1.39 bits per heavy atom. The van der Waals surface area contributed by atoms with Crippen LogP contribution in [0.3, 0.4) is 0 Å². The molecule has 0 bridgehead atoms. The van der Waals surface area contributed by atoms with E-state index in [1.165, 1.54) is 4.31 Å². The first-order valence-electron chi connectivity index (χ1n) is 6.03. The molecule has 0 amide bonds. The van der Waals surface area contributed by atoms with E-state index < -0.39 is 10.0 Å². The van der Waals surface area contributed by atoms with Gasteiger partial charge in [0, 0.05) is 19.5 Å². The Balaban J connectivity index is 2.01. The molecule has 1 fully saturated rings. The van der Waals surface area contributed by atoms with Crippen molar-refractivity contribution >= 4 is 21.4 Å². The minimum Gasteiger partial charge on any atom is -0.493 e. The first kappa shape index (κ1) is 11.6. The normalized spacial score (nSPS) is 18.3. The third-order valence-electron chi connectivity index (χ3n) is 3.51. The van der Waals surface area contributed by atoms with Gasteiger partial charge in [0.1, 0.15) is 5.75 Å². The number of sulfonamides is 1. The smallest absolute Gasteiger partial charge is 0.237 e. The lowest BCUT2D eigenvalue weighted by molar-refractivity contribution is 0.357. The summed E-state index contributed by atoms with van der Waals surface area (Å²) >= 11 is 0. The zero-order valence-electron chi connectivity index (χ0n) is 10.2. The quantitative estimate of drug-likeness (QED) is 0.834. The maximum absolute atomic E-state index is 12.2. The largest absolute Gasteiger partial charge is 0.493 e. The summed E-state index contributed by atoms with van der Waals surface area (Å²) in [6.45, 7) is 0.636. The second-order valence-corrected chi connectivity index (χ2v) is 7.07. The van der Waals surface area contributed by atoms with E-state index in [1.807, 2.05) is 6.07 Å². The molecule has 0 radical (unpaired) electrons. The molecular weight excluding hydrogens is 252 g/mol. The summed E-state index contributed by atoms with van der Waals surface area (Å²) in [6.07, 6.45) is 2.31. The summed E-state index contributed by atoms with van der Waals surface area (Å²) < 4.78 is 31.1. The number of benzene rings is 1. The lowest BCUT2D eigenvalue weighted by atomic mass is 10.1. The zero-order valence-corrected chi connectivity index (χ0v) is 11.0. The van der Waals surface area contributed by atoms with E-state index >= 15 is 0 Å². The highest BCUT2D eigenvalue weighted by Gasteiger charge is 2.39. The van der Waals surface area contributed by atoms with E-state index in [-0.39, 0.29) is 5.25 Å². The zero-order chi connectivity index (χ0) is 12.9. The van der Waals surface area contributed by atoms with Crippen LogP contribution in [-0.4, -0.2) is 27.3 Å². The van der Waals surface area contributed by atoms with Crippen molar-refractivity contribution in [1.82, 2.24) is 0 Å². The number of fused-ring (bicyclic) bond motifs is 1. The standard InChI is InChI=1S/C12H16N2O3S/c1-14(18(15,16)9-2-3-9)11-6-8-4-5-17-12(8)7-10(11)13/h6-7,9H,2-5,13H2,1H3. The molecule has 1 heterocycles. The summed E-state index contributed by atoms with van der Waals surface area (Å²) in [5.74, 6) is 0.772. The monoisotopic (exact) mass is 268 g/mol. The van der Waals surface area contributed by atoms with Crippen molar-refractivity contribution in [2.75, 3.05) is 23.7 Å². The predicted molar refractivity (Wildman–Crippen MR) is 70.4 cm³/mol. The molecule has 3 rings (SSSR count). The molecule has 2 aliphatic rings. The van der Waals surface area contributed by atoms with Gasteiger partial charge in [-0.15, -0.1) is 0 Å². The van der Waals surface area contributed by atoms with Crippen molar-refractivity contribution in [3.05, 3.63) is 17.7 Å². The van der Waals surface area contributed by atoms with E-state index in [1.54, 1.807) is 13.1 Å². The molecule has 2 N–H and O–H groups in total. The van der Waals surface area contributed by atoms with E-state index in [0.29, 0.717) is 18.0 Å². The summed E-state index contributed by atoms with van der Waals surface area (Å²) in [5.41, 5.74) is 7.96. The molecule has 1 aromatic carbocycles. The highest BCUT2D eigenvalue weighted by molar-refractivity contribution is 7.93. The SMILES string of the molecule is CN(c1cc2c(cc1N)OCC2)S(=O)(=O)C1CC1. The van der Waals surface area contributed by atoms with Gasteiger partial charge in [-0.1, -0.05) is 0 Å². The van der Waals surface area contributed by atoms with Crippen LogP contribution in [0, 0.1) is 0 Å². The van der Waals surface area contributed by atoms with Gasteiger partial charge in [0.2, 0.25) is 10.0 Å². The van der Waals surface area contributed by atoms with Crippen molar-refractivity contribution < 1.29 is 13.2 Å². The Morgan fingerprint density at radius 2 is 2.11 bits per heavy atom. The molecule has 0 saturated heterocycles. The average molecular weight is 268 g/mol. The number of nitrogen functional groups attached to an aromatic ring is 1. The topological polar surface area (TPSA) is 72.6 Å². The molecule has 0 aromatic heterocycles. The lowest BCUT2D eigenvalue weighted by Crippen LogP contribution is -2.30. The second-order valence-electron chi connectivity index (χ2n) is 4.83. The summed E-state index contributed by atoms with van der Waals surface area (Å²) in [4.78, 5) is 0. The number of nitrogens with two attached hydrogens (primary N) is 1. The van der Waals surface area contributed by atoms with Crippen LogP contribution in [0.4, 0.5) is 11.4 Å². The fraction of sp³-hybridized carbons (Fsp3) is 0.500. The average Bonchev–Trinajstić information content (AvgIpc) is 3.09. The fourth-order valence-corrected chi connectivity index (χ4v) is 3.84. The molecule has 6 heteroatoms. The highest BCUT2D eigenvalue weighted by atomic mass is 32.2. The predicted octanol–water partition coefficient (Wildman–Crippen LogP) is 1.13. The van der Waals surface area contributed by atoms with Gasteiger partial charge in [-0.3, -0.25) is 4.31 Å². The Bertz CT molecular complexity index is 594. The van der Waals surface area contributed by atoms with Crippen LogP contribution in [0.5, 0.6) is 5.75 Å². The second kappa shape index (κ2) is 3.78. The van der Waals surface area contributed by atoms with Gasteiger partial charge in [-0.2, -0.15) is 0 Å². The van der Waals surface area contributed by atoms with Crippen molar-refractivity contribution in [1.29, 1.82) is 0 Å². The number of anilines is 2. The first-order valence-corrected chi connectivity index (χ1v) is 7.53. The molecule has 0 spiro atoms. The number of hydrogen-bond acceptors (Lipinski definition) is 4. The van der Waals surface area contributed by atoms with Gasteiger partial charge in [-0.05, 0) is 24.5 Å². The Morgan fingerprint density at radius 3 is 2.78 bits per heavy atom. The Labute approximate surface area is 107 Å². The molecule has 1 aliphatic heterocycles. The van der Waals surface area contributed by atoms with Crippen LogP contribution >= 0.6 is 0 Å². The van der Waals surface area contributed by atoms with Crippen LogP contribution in [0.25, 0.3) is 0 Å². The molecule has 1 aromatic rings. The molecule has 98 valence electrons. The van der Waals surface area contributed by atoms with Gasteiger partial charge in [0.15, 0.2) is 0 Å². The van der Waals surface area contributed by atoms with Crippen molar-refractivity contribution in [2.24, 2.45) is 0 Å². The molecule has 0 unspecified atom stereocenters. The molecule has 0 atom stereocenters. The number of nitrogens with zero attached hydrogens (tertiary/aromatic N) is 1. The highest BCUT2D eigenvalue weighted by Crippen LogP contribution is 2.38. The van der Waals surface area contributed by atoms with Gasteiger partial charge in [0.25, 0.3) is 0 Å². The molecule has 1 saturated carbocycles. The van der Waals surface area contributed by atoms with Crippen LogP contribution in [0.15, 0.2) is 12.1 Å². The fourth-order valence-electron chi connectivity index (χ4n) is 2.23. The summed E-state index contributed by atoms with van der Waals surface area (Å²) in [6, 6.07) is 3.55. The molecule has 5 nitrogen and oxygen atoms in total. The summed E-state index contributed by atoms with van der Waals surface area (Å²) in [5, 5.41) is -0.230. The van der Waals surface area contributed by atoms with E-state index in [2.05, 4.69) is 0 Å². The van der Waals surface area contributed by atoms with Crippen molar-refractivity contribution in [3.8, 4) is 5.75 Å². The van der Waals surface area contributed by atoms with Crippen LogP contribution in [-0.2, 0) is 16.4 Å². The van der Waals surface area contributed by atoms with E-state index in [4.69, 9.17) is 10.5 Å². The maximum atomic E-state index is 12.2. The first-order chi connectivity index (χ1) is 8.50. The molecule has 18 heavy (non-hydrogen) atoms. The lowest BCUT2D eigenvalue weighted by Gasteiger charge is -2.21. The van der Waals surface area contributed by atoms with Gasteiger partial charge < -0.3 is 10.5 Å². The number of hydrogen-bond donors (Lipinski definition) is 1. The van der Waals surface area contributed by atoms with Gasteiger partial charge >= 0.3 is 0 Å². The van der Waals surface area contributed by atoms with Crippen LogP contribution in [0.1, 0.15) is 18.4 Å². The third-order valence-corrected chi connectivity index (χ3v) is 5.78. The Kier molecular flexibility index (Phi) is 2.45. The van der Waals surface area contributed by atoms with E-state index in [9.17, 15) is 8.42 Å². The van der Waals surface area contributed by atoms with Gasteiger partial charge in [-0.25, -0.2) is 8.42 Å². The van der Waals surface area contributed by atoms with Crippen molar-refractivity contribution in [3.63, 3.8) is 0 Å². The molecule has 1 aliphatic carbocycles. The number of rotatable bonds is 3. The van der Waals surface area contributed by atoms with Crippen LogP contribution < -0.4 is 14.8 Å². The minimum absolute atomic E-state index is 0.230. The van der Waals surface area contributed by atoms with E-state index in [0.717, 1.165) is 30.6 Å². The maximum Gasteiger partial charge on any atom is 0.237 e. The van der Waals surface area contributed by atoms with Crippen molar-refractivity contribution in [2.45, 2.75) is 24.5 Å².